The number of anilines is 1. The molecule has 100 valence electrons. The zero-order valence-electron chi connectivity index (χ0n) is 11.0. The lowest BCUT2D eigenvalue weighted by Crippen LogP contribution is -2.35. The van der Waals surface area contributed by atoms with Crippen LogP contribution in [0, 0.1) is 5.41 Å². The van der Waals surface area contributed by atoms with Crippen molar-refractivity contribution in [2.24, 2.45) is 5.41 Å². The van der Waals surface area contributed by atoms with Gasteiger partial charge in [0.2, 0.25) is 11.8 Å². The highest BCUT2D eigenvalue weighted by atomic mass is 16.2. The fraction of sp³-hybridized carbons (Fsp3) is 0.583. The Labute approximate surface area is 107 Å². The minimum Gasteiger partial charge on any atom is -0.356 e. The van der Waals surface area contributed by atoms with Gasteiger partial charge in [0.25, 0.3) is 0 Å². The fourth-order valence-corrected chi connectivity index (χ4v) is 1.25. The van der Waals surface area contributed by atoms with E-state index in [1.165, 1.54) is 0 Å². The average molecular weight is 252 g/mol. The summed E-state index contributed by atoms with van der Waals surface area (Å²) in [6, 6.07) is 1.68. The average Bonchev–Trinajstić information content (AvgIpc) is 2.75. The Morgan fingerprint density at radius 2 is 2.11 bits per heavy atom. The minimum absolute atomic E-state index is 0.00326. The second kappa shape index (κ2) is 6.18. The molecule has 1 aromatic rings. The van der Waals surface area contributed by atoms with E-state index in [1.54, 1.807) is 12.3 Å². The third-order valence-corrected chi connectivity index (χ3v) is 2.32. The molecule has 0 radical (unpaired) electrons. The van der Waals surface area contributed by atoms with Gasteiger partial charge in [0.15, 0.2) is 0 Å². The van der Waals surface area contributed by atoms with Crippen LogP contribution in [0.4, 0.5) is 5.82 Å². The lowest BCUT2D eigenvalue weighted by molar-refractivity contribution is -0.128. The van der Waals surface area contributed by atoms with Crippen molar-refractivity contribution >= 4 is 17.6 Å². The molecule has 0 spiro atoms. The second-order valence-corrected chi connectivity index (χ2v) is 5.13. The topological polar surface area (TPSA) is 86.9 Å². The predicted molar refractivity (Wildman–Crippen MR) is 68.9 cm³/mol. The lowest BCUT2D eigenvalue weighted by Gasteiger charge is -2.17. The van der Waals surface area contributed by atoms with Crippen LogP contribution in [0.1, 0.15) is 33.6 Å². The van der Waals surface area contributed by atoms with Crippen molar-refractivity contribution in [2.45, 2.75) is 33.6 Å². The molecule has 0 aromatic carbocycles. The van der Waals surface area contributed by atoms with Crippen molar-refractivity contribution in [3.05, 3.63) is 12.3 Å². The fourth-order valence-electron chi connectivity index (χ4n) is 1.25. The quantitative estimate of drug-likeness (QED) is 0.690. The molecule has 1 rings (SSSR count). The van der Waals surface area contributed by atoms with Gasteiger partial charge in [0, 0.05) is 24.4 Å². The van der Waals surface area contributed by atoms with Crippen LogP contribution in [0.3, 0.4) is 0 Å². The van der Waals surface area contributed by atoms with Crippen LogP contribution in [0.5, 0.6) is 0 Å². The number of carbonyl (C=O) groups excluding carboxylic acids is 2. The number of aromatic nitrogens is 2. The van der Waals surface area contributed by atoms with Crippen molar-refractivity contribution in [2.75, 3.05) is 11.9 Å². The Balaban J connectivity index is 2.15. The molecule has 0 bridgehead atoms. The summed E-state index contributed by atoms with van der Waals surface area (Å²) >= 11 is 0. The van der Waals surface area contributed by atoms with Crippen molar-refractivity contribution in [1.82, 2.24) is 15.5 Å². The first-order chi connectivity index (χ1) is 8.39. The minimum atomic E-state index is -0.391. The predicted octanol–water partition coefficient (Wildman–Crippen LogP) is 1.29. The van der Waals surface area contributed by atoms with E-state index in [2.05, 4.69) is 20.8 Å². The number of amides is 2. The van der Waals surface area contributed by atoms with Gasteiger partial charge in [-0.15, -0.1) is 0 Å². The Bertz CT molecular complexity index is 393. The van der Waals surface area contributed by atoms with Gasteiger partial charge < -0.3 is 10.6 Å². The van der Waals surface area contributed by atoms with Crippen molar-refractivity contribution in [3.63, 3.8) is 0 Å². The van der Waals surface area contributed by atoms with Crippen LogP contribution in [0.2, 0.25) is 0 Å². The summed E-state index contributed by atoms with van der Waals surface area (Å²) in [4.78, 5) is 23.0. The molecule has 3 N–H and O–H groups in total. The molecule has 6 nitrogen and oxygen atoms in total. The summed E-state index contributed by atoms with van der Waals surface area (Å²) in [5, 5.41) is 11.8. The first-order valence-corrected chi connectivity index (χ1v) is 5.97. The number of nitrogens with one attached hydrogen (secondary N) is 3. The number of carbonyl (C=O) groups is 2. The molecule has 1 aromatic heterocycles. The summed E-state index contributed by atoms with van der Waals surface area (Å²) in [5.41, 5.74) is -0.391. The standard InChI is InChI=1S/C12H20N4O2/c1-12(2,3)11(18)13-7-4-5-10(17)15-9-6-8-14-16-9/h6,8H,4-5,7H2,1-3H3,(H,13,18)(H2,14,15,16,17). The molecule has 18 heavy (non-hydrogen) atoms. The molecule has 0 aliphatic carbocycles. The van der Waals surface area contributed by atoms with Crippen LogP contribution in [-0.2, 0) is 9.59 Å². The molecule has 6 heteroatoms. The molecule has 0 unspecified atom stereocenters. The van der Waals surface area contributed by atoms with Crippen LogP contribution in [0.15, 0.2) is 12.3 Å². The summed E-state index contributed by atoms with van der Waals surface area (Å²) in [6.07, 6.45) is 2.55. The molecular weight excluding hydrogens is 232 g/mol. The number of H-pyrrole nitrogens is 1. The molecule has 0 saturated heterocycles. The highest BCUT2D eigenvalue weighted by molar-refractivity contribution is 5.89. The molecule has 1 heterocycles. The highest BCUT2D eigenvalue weighted by Gasteiger charge is 2.20. The Kier molecular flexibility index (Phi) is 4.88. The van der Waals surface area contributed by atoms with E-state index < -0.39 is 5.41 Å². The molecule has 2 amide bonds. The Hall–Kier alpha value is -1.85. The number of hydrogen-bond acceptors (Lipinski definition) is 3. The maximum Gasteiger partial charge on any atom is 0.225 e. The number of nitrogens with zero attached hydrogens (tertiary/aromatic N) is 1. The van der Waals surface area contributed by atoms with E-state index in [0.29, 0.717) is 25.2 Å². The summed E-state index contributed by atoms with van der Waals surface area (Å²) in [6.45, 7) is 6.07. The first kappa shape index (κ1) is 14.2. The maximum atomic E-state index is 11.5. The van der Waals surface area contributed by atoms with E-state index in [0.717, 1.165) is 0 Å². The van der Waals surface area contributed by atoms with Crippen LogP contribution >= 0.6 is 0 Å². The Morgan fingerprint density at radius 3 is 2.67 bits per heavy atom. The van der Waals surface area contributed by atoms with Crippen molar-refractivity contribution in [3.8, 4) is 0 Å². The third-order valence-electron chi connectivity index (χ3n) is 2.32. The zero-order chi connectivity index (χ0) is 13.6. The number of aromatic amines is 1. The van der Waals surface area contributed by atoms with Gasteiger partial charge in [0.1, 0.15) is 5.82 Å². The van der Waals surface area contributed by atoms with E-state index in [9.17, 15) is 9.59 Å². The second-order valence-electron chi connectivity index (χ2n) is 5.13. The Morgan fingerprint density at radius 1 is 1.39 bits per heavy atom. The maximum absolute atomic E-state index is 11.5. The molecule has 0 aliphatic heterocycles. The van der Waals surface area contributed by atoms with Gasteiger partial charge in [-0.3, -0.25) is 14.7 Å². The first-order valence-electron chi connectivity index (χ1n) is 5.97. The van der Waals surface area contributed by atoms with Crippen LogP contribution in [-0.4, -0.2) is 28.6 Å². The SMILES string of the molecule is CC(C)(C)C(=O)NCCCC(=O)Nc1ccn[nH]1. The molecule has 0 atom stereocenters. The summed E-state index contributed by atoms with van der Waals surface area (Å²) in [5.74, 6) is 0.486. The molecule has 0 aliphatic rings. The third kappa shape index (κ3) is 4.99. The van der Waals surface area contributed by atoms with Gasteiger partial charge in [-0.2, -0.15) is 5.10 Å². The summed E-state index contributed by atoms with van der Waals surface area (Å²) in [7, 11) is 0. The van der Waals surface area contributed by atoms with Gasteiger partial charge in [0.05, 0.1) is 6.20 Å². The van der Waals surface area contributed by atoms with Gasteiger partial charge in [-0.25, -0.2) is 0 Å². The highest BCUT2D eigenvalue weighted by Crippen LogP contribution is 2.12. The van der Waals surface area contributed by atoms with Crippen molar-refractivity contribution < 1.29 is 9.59 Å². The van der Waals surface area contributed by atoms with Gasteiger partial charge >= 0.3 is 0 Å². The van der Waals surface area contributed by atoms with E-state index in [-0.39, 0.29) is 11.8 Å². The molecule has 0 fully saturated rings. The van der Waals surface area contributed by atoms with Gasteiger partial charge in [-0.05, 0) is 6.42 Å². The van der Waals surface area contributed by atoms with E-state index >= 15 is 0 Å². The van der Waals surface area contributed by atoms with E-state index in [4.69, 9.17) is 0 Å². The summed E-state index contributed by atoms with van der Waals surface area (Å²) < 4.78 is 0. The smallest absolute Gasteiger partial charge is 0.225 e. The number of hydrogen-bond donors (Lipinski definition) is 3. The molecular formula is C12H20N4O2. The molecule has 0 saturated carbocycles. The normalized spacial score (nSPS) is 11.1. The largest absolute Gasteiger partial charge is 0.356 e. The van der Waals surface area contributed by atoms with Crippen LogP contribution in [0.25, 0.3) is 0 Å². The van der Waals surface area contributed by atoms with E-state index in [1.807, 2.05) is 20.8 Å². The van der Waals surface area contributed by atoms with Crippen molar-refractivity contribution in [1.29, 1.82) is 0 Å². The zero-order valence-corrected chi connectivity index (χ0v) is 11.0. The van der Waals surface area contributed by atoms with Crippen LogP contribution < -0.4 is 10.6 Å². The van der Waals surface area contributed by atoms with Gasteiger partial charge in [-0.1, -0.05) is 20.8 Å². The number of rotatable bonds is 5. The monoisotopic (exact) mass is 252 g/mol. The lowest BCUT2D eigenvalue weighted by atomic mass is 9.96.